The largest absolute Gasteiger partial charge is 0.465 e. The molecular weight excluding hydrogens is 526 g/mol. The molecule has 0 spiro atoms. The smallest absolute Gasteiger partial charge is 0.303 e. The molecule has 0 aliphatic carbocycles. The van der Waals surface area contributed by atoms with Crippen molar-refractivity contribution in [3.63, 3.8) is 0 Å². The van der Waals surface area contributed by atoms with Crippen LogP contribution in [0.1, 0.15) is 41.5 Å². The van der Waals surface area contributed by atoms with E-state index in [1.807, 2.05) is 0 Å². The first-order chi connectivity index (χ1) is 18.3. The highest BCUT2D eigenvalue weighted by Crippen LogP contribution is 2.32. The fourth-order valence-corrected chi connectivity index (χ4v) is 4.30. The van der Waals surface area contributed by atoms with E-state index in [1.165, 1.54) is 13.8 Å². The first-order valence-corrected chi connectivity index (χ1v) is 12.3. The van der Waals surface area contributed by atoms with E-state index in [2.05, 4.69) is 5.32 Å². The average Bonchev–Trinajstić information content (AvgIpc) is 2.80. The molecule has 1 N–H and O–H groups in total. The molecule has 2 aliphatic heterocycles. The lowest BCUT2D eigenvalue weighted by Crippen LogP contribution is -2.65. The summed E-state index contributed by atoms with van der Waals surface area (Å²) in [6, 6.07) is 0. The monoisotopic (exact) mass is 561 g/mol. The van der Waals surface area contributed by atoms with Crippen LogP contribution in [0.25, 0.3) is 0 Å². The molecule has 2 fully saturated rings. The molecule has 2 saturated heterocycles. The van der Waals surface area contributed by atoms with Crippen molar-refractivity contribution in [1.82, 2.24) is 5.32 Å². The minimum atomic E-state index is -1.49. The molecule has 0 saturated carbocycles. The van der Waals surface area contributed by atoms with Crippen molar-refractivity contribution in [3.8, 4) is 0 Å². The molecule has 0 aromatic heterocycles. The van der Waals surface area contributed by atoms with Crippen LogP contribution in [-0.2, 0) is 66.7 Å². The molecule has 2 heterocycles. The summed E-state index contributed by atoms with van der Waals surface area (Å²) in [5.41, 5.74) is 0. The lowest BCUT2D eigenvalue weighted by Gasteiger charge is -2.46. The Labute approximate surface area is 225 Å². The van der Waals surface area contributed by atoms with Gasteiger partial charge in [-0.2, -0.15) is 0 Å². The van der Waals surface area contributed by atoms with Gasteiger partial charge in [0, 0.05) is 60.5 Å². The molecule has 15 heteroatoms. The Hall–Kier alpha value is -3.30. The van der Waals surface area contributed by atoms with Crippen molar-refractivity contribution < 1.29 is 66.7 Å². The van der Waals surface area contributed by atoms with E-state index in [0.29, 0.717) is 6.54 Å². The number of ether oxygens (including phenoxy) is 8. The molecule has 220 valence electrons. The highest BCUT2D eigenvalue weighted by Gasteiger charge is 2.54. The van der Waals surface area contributed by atoms with Crippen LogP contribution < -0.4 is 5.32 Å². The number of hydrogen-bond acceptors (Lipinski definition) is 15. The van der Waals surface area contributed by atoms with Gasteiger partial charge in [-0.3, -0.25) is 28.8 Å². The SMILES string of the molecule is CC(=O)OC[C@H]1CNC[C@@H](OC(C)=O)[C@@H]1O[C@@H]1O[C@H](COC(C)=O)[C@@H](OC(C)=O)[C@H](OC(C)=O)[C@H]1OC(C)=O. The second-order valence-corrected chi connectivity index (χ2v) is 9.04. The van der Waals surface area contributed by atoms with Crippen LogP contribution in [0.2, 0.25) is 0 Å². The van der Waals surface area contributed by atoms with Crippen molar-refractivity contribution in [2.75, 3.05) is 26.3 Å². The third kappa shape index (κ3) is 10.1. The number of esters is 6. The molecule has 8 atom stereocenters. The van der Waals surface area contributed by atoms with E-state index in [-0.39, 0.29) is 13.2 Å². The zero-order chi connectivity index (χ0) is 29.3. The van der Waals surface area contributed by atoms with E-state index in [0.717, 1.165) is 27.7 Å². The van der Waals surface area contributed by atoms with E-state index < -0.39 is 91.3 Å². The van der Waals surface area contributed by atoms with Crippen LogP contribution >= 0.6 is 0 Å². The van der Waals surface area contributed by atoms with Gasteiger partial charge in [-0.1, -0.05) is 0 Å². The van der Waals surface area contributed by atoms with E-state index in [9.17, 15) is 28.8 Å². The Balaban J connectivity index is 2.51. The number of piperidine rings is 1. The van der Waals surface area contributed by atoms with Crippen LogP contribution in [-0.4, -0.2) is 105 Å². The predicted molar refractivity (Wildman–Crippen MR) is 125 cm³/mol. The molecule has 0 amide bonds. The van der Waals surface area contributed by atoms with Gasteiger partial charge in [-0.25, -0.2) is 0 Å². The fourth-order valence-electron chi connectivity index (χ4n) is 4.30. The van der Waals surface area contributed by atoms with Gasteiger partial charge >= 0.3 is 35.8 Å². The van der Waals surface area contributed by atoms with Crippen molar-refractivity contribution in [2.24, 2.45) is 5.92 Å². The molecule has 0 aromatic carbocycles. The van der Waals surface area contributed by atoms with Crippen LogP contribution in [0.15, 0.2) is 0 Å². The third-order valence-corrected chi connectivity index (χ3v) is 5.64. The average molecular weight is 562 g/mol. The Kier molecular flexibility index (Phi) is 12.1. The molecule has 0 aromatic rings. The molecule has 0 bridgehead atoms. The van der Waals surface area contributed by atoms with E-state index in [1.54, 1.807) is 0 Å². The summed E-state index contributed by atoms with van der Waals surface area (Å²) in [5.74, 6) is -4.75. The standard InChI is InChI=1S/C24H35NO14/c1-11(26)32-9-17-7-25-8-18(34-13(3)28)20(17)39-24-23(37-16(6)31)22(36-15(5)30)21(35-14(4)29)19(38-24)10-33-12(2)27/h17-25H,7-10H2,1-6H3/t17-,18-,19-,20-,21-,22+,23-,24+/m1/s1. The van der Waals surface area contributed by atoms with Crippen molar-refractivity contribution in [3.05, 3.63) is 0 Å². The zero-order valence-corrected chi connectivity index (χ0v) is 22.7. The Morgan fingerprint density at radius 1 is 0.615 bits per heavy atom. The Bertz CT molecular complexity index is 923. The number of hydrogen-bond donors (Lipinski definition) is 1. The highest BCUT2D eigenvalue weighted by atomic mass is 16.7. The molecule has 15 nitrogen and oxygen atoms in total. The van der Waals surface area contributed by atoms with Crippen LogP contribution in [0.3, 0.4) is 0 Å². The minimum absolute atomic E-state index is 0.115. The summed E-state index contributed by atoms with van der Waals surface area (Å²) >= 11 is 0. The van der Waals surface area contributed by atoms with Gasteiger partial charge in [0.1, 0.15) is 24.9 Å². The van der Waals surface area contributed by atoms with Gasteiger partial charge in [0.25, 0.3) is 0 Å². The molecule has 0 unspecified atom stereocenters. The fraction of sp³-hybridized carbons (Fsp3) is 0.750. The maximum absolute atomic E-state index is 12.1. The quantitative estimate of drug-likeness (QED) is 0.257. The minimum Gasteiger partial charge on any atom is -0.465 e. The second kappa shape index (κ2) is 14.7. The number of carbonyl (C=O) groups excluding carboxylic acids is 6. The normalized spacial score (nSPS) is 30.3. The number of nitrogens with one attached hydrogen (secondary N) is 1. The Morgan fingerprint density at radius 3 is 1.67 bits per heavy atom. The van der Waals surface area contributed by atoms with Crippen molar-refractivity contribution >= 4 is 35.8 Å². The van der Waals surface area contributed by atoms with Crippen LogP contribution in [0.5, 0.6) is 0 Å². The van der Waals surface area contributed by atoms with Gasteiger partial charge in [0.2, 0.25) is 0 Å². The lowest BCUT2D eigenvalue weighted by atomic mass is 9.93. The molecule has 39 heavy (non-hydrogen) atoms. The van der Waals surface area contributed by atoms with Crippen molar-refractivity contribution in [2.45, 2.75) is 84.5 Å². The van der Waals surface area contributed by atoms with Gasteiger partial charge in [-0.15, -0.1) is 0 Å². The molecule has 0 radical (unpaired) electrons. The van der Waals surface area contributed by atoms with Crippen molar-refractivity contribution in [1.29, 1.82) is 0 Å². The Morgan fingerprint density at radius 2 is 1.13 bits per heavy atom. The van der Waals surface area contributed by atoms with Gasteiger partial charge < -0.3 is 43.2 Å². The zero-order valence-electron chi connectivity index (χ0n) is 22.7. The van der Waals surface area contributed by atoms with E-state index >= 15 is 0 Å². The van der Waals surface area contributed by atoms with Gasteiger partial charge in [-0.05, 0) is 0 Å². The van der Waals surface area contributed by atoms with Gasteiger partial charge in [0.05, 0.1) is 6.61 Å². The first kappa shape index (κ1) is 31.9. The second-order valence-electron chi connectivity index (χ2n) is 9.04. The predicted octanol–water partition coefficient (Wildman–Crippen LogP) is -0.831. The first-order valence-electron chi connectivity index (χ1n) is 12.3. The molecule has 2 aliphatic rings. The summed E-state index contributed by atoms with van der Waals surface area (Å²) in [4.78, 5) is 70.8. The summed E-state index contributed by atoms with van der Waals surface area (Å²) in [5, 5.41) is 3.07. The lowest BCUT2D eigenvalue weighted by molar-refractivity contribution is -0.327. The van der Waals surface area contributed by atoms with E-state index in [4.69, 9.17) is 37.9 Å². The molecule has 2 rings (SSSR count). The molecular formula is C24H35NO14. The third-order valence-electron chi connectivity index (χ3n) is 5.64. The van der Waals surface area contributed by atoms with Gasteiger partial charge in [0.15, 0.2) is 24.6 Å². The summed E-state index contributed by atoms with van der Waals surface area (Å²) in [6.45, 7) is 6.81. The van der Waals surface area contributed by atoms with Crippen LogP contribution in [0.4, 0.5) is 0 Å². The maximum atomic E-state index is 12.1. The summed E-state index contributed by atoms with van der Waals surface area (Å²) in [6.07, 6.45) is -8.82. The highest BCUT2D eigenvalue weighted by molar-refractivity contribution is 5.69. The summed E-state index contributed by atoms with van der Waals surface area (Å²) in [7, 11) is 0. The summed E-state index contributed by atoms with van der Waals surface area (Å²) < 4.78 is 44.0. The number of rotatable bonds is 10. The van der Waals surface area contributed by atoms with Crippen LogP contribution in [0, 0.1) is 5.92 Å². The number of carbonyl (C=O) groups is 6. The topological polar surface area (TPSA) is 188 Å². The maximum Gasteiger partial charge on any atom is 0.303 e.